The fourth-order valence-corrected chi connectivity index (χ4v) is 2.62. The molecule has 1 N–H and O–H groups in total. The molecule has 0 fully saturated rings. The van der Waals surface area contributed by atoms with Crippen LogP contribution in [0.25, 0.3) is 0 Å². The molecule has 1 unspecified atom stereocenters. The molecular formula is C14H9N3O2. The number of benzene rings is 1. The van der Waals surface area contributed by atoms with Crippen LogP contribution in [0.1, 0.15) is 32.4 Å². The summed E-state index contributed by atoms with van der Waals surface area (Å²) in [5, 5.41) is 3.15. The summed E-state index contributed by atoms with van der Waals surface area (Å²) in [4.78, 5) is 30.1. The van der Waals surface area contributed by atoms with Gasteiger partial charge in [-0.05, 0) is 18.2 Å². The van der Waals surface area contributed by atoms with Gasteiger partial charge in [0.25, 0.3) is 11.8 Å². The molecule has 0 spiro atoms. The molecule has 2 aliphatic rings. The van der Waals surface area contributed by atoms with E-state index in [2.05, 4.69) is 10.3 Å². The molecule has 5 heteroatoms. The molecule has 92 valence electrons. The molecule has 3 heterocycles. The van der Waals surface area contributed by atoms with Gasteiger partial charge in [-0.25, -0.2) is 9.88 Å². The highest BCUT2D eigenvalue weighted by Crippen LogP contribution is 2.39. The highest BCUT2D eigenvalue weighted by Gasteiger charge is 2.44. The van der Waals surface area contributed by atoms with Gasteiger partial charge in [-0.3, -0.25) is 9.59 Å². The van der Waals surface area contributed by atoms with Gasteiger partial charge in [-0.2, -0.15) is 0 Å². The lowest BCUT2D eigenvalue weighted by molar-refractivity contribution is 0.0585. The van der Waals surface area contributed by atoms with Crippen molar-refractivity contribution in [2.75, 3.05) is 5.32 Å². The molecule has 2 aromatic rings. The van der Waals surface area contributed by atoms with Gasteiger partial charge in [-0.1, -0.05) is 18.2 Å². The summed E-state index contributed by atoms with van der Waals surface area (Å²) in [5.74, 6) is -0.0288. The predicted molar refractivity (Wildman–Crippen MR) is 67.5 cm³/mol. The van der Waals surface area contributed by atoms with Gasteiger partial charge in [0.15, 0.2) is 0 Å². The average molecular weight is 251 g/mol. The molecule has 5 nitrogen and oxygen atoms in total. The standard InChI is InChI=1S/C14H9N3O2/c18-13-9-5-2-1-4-8(9)12-16-11-10(6-3-7-15-11)14(19)17(12)13/h1-7,12H,(H,15,16). The van der Waals surface area contributed by atoms with Gasteiger partial charge >= 0.3 is 0 Å². The Labute approximate surface area is 108 Å². The van der Waals surface area contributed by atoms with Gasteiger partial charge in [-0.15, -0.1) is 0 Å². The lowest BCUT2D eigenvalue weighted by atomic mass is 10.1. The van der Waals surface area contributed by atoms with Crippen LogP contribution in [0.2, 0.25) is 0 Å². The number of anilines is 1. The Kier molecular flexibility index (Phi) is 1.84. The van der Waals surface area contributed by atoms with Crippen molar-refractivity contribution in [1.82, 2.24) is 9.88 Å². The first-order chi connectivity index (χ1) is 9.27. The Bertz CT molecular complexity index is 720. The van der Waals surface area contributed by atoms with Gasteiger partial charge < -0.3 is 5.32 Å². The lowest BCUT2D eigenvalue weighted by Crippen LogP contribution is -2.42. The summed E-state index contributed by atoms with van der Waals surface area (Å²) < 4.78 is 0. The second-order valence-electron chi connectivity index (χ2n) is 4.51. The van der Waals surface area contributed by atoms with Crippen molar-refractivity contribution < 1.29 is 9.59 Å². The van der Waals surface area contributed by atoms with Crippen molar-refractivity contribution in [3.8, 4) is 0 Å². The monoisotopic (exact) mass is 251 g/mol. The van der Waals surface area contributed by atoms with Crippen LogP contribution >= 0.6 is 0 Å². The first-order valence-electron chi connectivity index (χ1n) is 5.96. The van der Waals surface area contributed by atoms with Crippen molar-refractivity contribution >= 4 is 17.6 Å². The number of carbonyl (C=O) groups excluding carboxylic acids is 2. The minimum absolute atomic E-state index is 0.257. The van der Waals surface area contributed by atoms with E-state index in [1.807, 2.05) is 12.1 Å². The Morgan fingerprint density at radius 1 is 1.00 bits per heavy atom. The van der Waals surface area contributed by atoms with Gasteiger partial charge in [0.2, 0.25) is 0 Å². The van der Waals surface area contributed by atoms with Crippen molar-refractivity contribution in [2.45, 2.75) is 6.17 Å². The van der Waals surface area contributed by atoms with Crippen molar-refractivity contribution in [3.05, 3.63) is 59.3 Å². The van der Waals surface area contributed by atoms with E-state index in [0.29, 0.717) is 16.9 Å². The molecular weight excluding hydrogens is 242 g/mol. The summed E-state index contributed by atoms with van der Waals surface area (Å²) in [6.45, 7) is 0. The van der Waals surface area contributed by atoms with E-state index < -0.39 is 6.17 Å². The summed E-state index contributed by atoms with van der Waals surface area (Å²) in [5.41, 5.74) is 1.82. The molecule has 4 rings (SSSR count). The van der Waals surface area contributed by atoms with Crippen molar-refractivity contribution in [3.63, 3.8) is 0 Å². The van der Waals surface area contributed by atoms with Gasteiger partial charge in [0.05, 0.1) is 5.56 Å². The normalized spacial score (nSPS) is 19.6. The molecule has 0 radical (unpaired) electrons. The van der Waals surface area contributed by atoms with Crippen LogP contribution in [0, 0.1) is 0 Å². The molecule has 0 aliphatic carbocycles. The Balaban J connectivity index is 1.93. The maximum Gasteiger partial charge on any atom is 0.266 e. The molecule has 2 amide bonds. The zero-order chi connectivity index (χ0) is 13.0. The lowest BCUT2D eigenvalue weighted by Gasteiger charge is -2.30. The molecule has 2 aliphatic heterocycles. The number of imide groups is 1. The number of carbonyl (C=O) groups is 2. The number of hydrogen-bond donors (Lipinski definition) is 1. The smallest absolute Gasteiger partial charge is 0.266 e. The molecule has 0 saturated heterocycles. The molecule has 19 heavy (non-hydrogen) atoms. The molecule has 1 atom stereocenters. The summed E-state index contributed by atoms with van der Waals surface area (Å²) in [6, 6.07) is 10.6. The number of aromatic nitrogens is 1. The Morgan fingerprint density at radius 3 is 2.63 bits per heavy atom. The van der Waals surface area contributed by atoms with Crippen LogP contribution in [0.5, 0.6) is 0 Å². The van der Waals surface area contributed by atoms with E-state index in [1.165, 1.54) is 4.90 Å². The number of rotatable bonds is 0. The minimum atomic E-state index is -0.446. The fourth-order valence-electron chi connectivity index (χ4n) is 2.62. The largest absolute Gasteiger partial charge is 0.345 e. The maximum atomic E-state index is 12.4. The van der Waals surface area contributed by atoms with Crippen LogP contribution in [0.15, 0.2) is 42.6 Å². The second kappa shape index (κ2) is 3.41. The minimum Gasteiger partial charge on any atom is -0.345 e. The number of fused-ring (bicyclic) bond motifs is 4. The van der Waals surface area contributed by atoms with E-state index in [0.717, 1.165) is 5.56 Å². The third kappa shape index (κ3) is 1.21. The van der Waals surface area contributed by atoms with E-state index >= 15 is 0 Å². The first-order valence-corrected chi connectivity index (χ1v) is 5.96. The highest BCUT2D eigenvalue weighted by molar-refractivity contribution is 6.16. The Hall–Kier alpha value is -2.69. The summed E-state index contributed by atoms with van der Waals surface area (Å²) in [7, 11) is 0. The number of pyridine rings is 1. The average Bonchev–Trinajstić information content (AvgIpc) is 2.74. The predicted octanol–water partition coefficient (Wildman–Crippen LogP) is 1.80. The van der Waals surface area contributed by atoms with Crippen LogP contribution < -0.4 is 5.32 Å². The highest BCUT2D eigenvalue weighted by atomic mass is 16.2. The second-order valence-corrected chi connectivity index (χ2v) is 4.51. The topological polar surface area (TPSA) is 62.3 Å². The van der Waals surface area contributed by atoms with Gasteiger partial charge in [0.1, 0.15) is 12.0 Å². The van der Waals surface area contributed by atoms with E-state index in [-0.39, 0.29) is 11.8 Å². The van der Waals surface area contributed by atoms with Crippen LogP contribution in [0.3, 0.4) is 0 Å². The van der Waals surface area contributed by atoms with Crippen LogP contribution in [-0.4, -0.2) is 21.7 Å². The third-order valence-corrected chi connectivity index (χ3v) is 3.49. The maximum absolute atomic E-state index is 12.4. The summed E-state index contributed by atoms with van der Waals surface area (Å²) >= 11 is 0. The van der Waals surface area contributed by atoms with E-state index in [1.54, 1.807) is 30.5 Å². The van der Waals surface area contributed by atoms with E-state index in [4.69, 9.17) is 0 Å². The van der Waals surface area contributed by atoms with Crippen molar-refractivity contribution in [1.29, 1.82) is 0 Å². The quantitative estimate of drug-likeness (QED) is 0.725. The number of amides is 2. The molecule has 0 saturated carbocycles. The molecule has 1 aromatic heterocycles. The molecule has 1 aromatic carbocycles. The zero-order valence-electron chi connectivity index (χ0n) is 9.83. The fraction of sp³-hybridized carbons (Fsp3) is 0.0714. The summed E-state index contributed by atoms with van der Waals surface area (Å²) in [6.07, 6.45) is 1.18. The van der Waals surface area contributed by atoms with Crippen LogP contribution in [-0.2, 0) is 0 Å². The molecule has 0 bridgehead atoms. The SMILES string of the molecule is O=C1c2ccccc2C2Nc3ncccc3C(=O)N12. The first kappa shape index (κ1) is 10.3. The number of nitrogens with zero attached hydrogens (tertiary/aromatic N) is 2. The third-order valence-electron chi connectivity index (χ3n) is 3.49. The Morgan fingerprint density at radius 2 is 1.74 bits per heavy atom. The van der Waals surface area contributed by atoms with Crippen molar-refractivity contribution in [2.24, 2.45) is 0 Å². The number of nitrogens with one attached hydrogen (secondary N) is 1. The van der Waals surface area contributed by atoms with E-state index in [9.17, 15) is 9.59 Å². The zero-order valence-corrected chi connectivity index (χ0v) is 9.83. The van der Waals surface area contributed by atoms with Crippen LogP contribution in [0.4, 0.5) is 5.82 Å². The van der Waals surface area contributed by atoms with Gasteiger partial charge in [0, 0.05) is 17.3 Å². The number of hydrogen-bond acceptors (Lipinski definition) is 4.